The average Bonchev–Trinajstić information content (AvgIpc) is 2.72. The van der Waals surface area contributed by atoms with Crippen LogP contribution in [0.3, 0.4) is 0 Å². The predicted octanol–water partition coefficient (Wildman–Crippen LogP) is 3.16. The second-order valence-electron chi connectivity index (χ2n) is 4.43. The Bertz CT molecular complexity index is 572. The smallest absolute Gasteiger partial charge is 0.308 e. The van der Waals surface area contributed by atoms with Crippen molar-refractivity contribution >= 4 is 17.5 Å². The van der Waals surface area contributed by atoms with Gasteiger partial charge in [0, 0.05) is 18.3 Å². The van der Waals surface area contributed by atoms with Gasteiger partial charge in [-0.05, 0) is 32.9 Å². The van der Waals surface area contributed by atoms with E-state index < -0.39 is 0 Å². The minimum Gasteiger partial charge on any atom is -0.308 e. The number of rotatable bonds is 3. The highest BCUT2D eigenvalue weighted by molar-refractivity contribution is 5.99. The number of carbonyl (C=O) groups is 1. The standard InChI is InChI=1S/C14H18N4O/c1-4-18-13(9-11(3)17-18)16-14(19)15-12-7-5-10(2)6-8-12/h5-9H,4H2,1-3H3,(H2,15,16,19). The maximum absolute atomic E-state index is 11.9. The Morgan fingerprint density at radius 1 is 1.21 bits per heavy atom. The Kier molecular flexibility index (Phi) is 3.85. The highest BCUT2D eigenvalue weighted by Crippen LogP contribution is 2.12. The molecule has 5 heteroatoms. The summed E-state index contributed by atoms with van der Waals surface area (Å²) in [7, 11) is 0. The lowest BCUT2D eigenvalue weighted by molar-refractivity contribution is 0.262. The molecule has 1 heterocycles. The van der Waals surface area contributed by atoms with Gasteiger partial charge in [0.1, 0.15) is 5.82 Å². The van der Waals surface area contributed by atoms with Gasteiger partial charge in [0.05, 0.1) is 5.69 Å². The van der Waals surface area contributed by atoms with Gasteiger partial charge in [-0.25, -0.2) is 9.48 Å². The molecule has 0 bridgehead atoms. The highest BCUT2D eigenvalue weighted by atomic mass is 16.2. The van der Waals surface area contributed by atoms with Gasteiger partial charge < -0.3 is 5.32 Å². The number of hydrogen-bond donors (Lipinski definition) is 2. The zero-order chi connectivity index (χ0) is 13.8. The molecule has 0 radical (unpaired) electrons. The van der Waals surface area contributed by atoms with Crippen LogP contribution in [0, 0.1) is 13.8 Å². The van der Waals surface area contributed by atoms with E-state index in [2.05, 4.69) is 15.7 Å². The van der Waals surface area contributed by atoms with Crippen LogP contribution in [0.25, 0.3) is 0 Å². The maximum atomic E-state index is 11.9. The minimum atomic E-state index is -0.265. The summed E-state index contributed by atoms with van der Waals surface area (Å²) in [6.45, 7) is 6.60. The first kappa shape index (κ1) is 13.1. The van der Waals surface area contributed by atoms with E-state index in [0.717, 1.165) is 16.9 Å². The van der Waals surface area contributed by atoms with Gasteiger partial charge in [-0.1, -0.05) is 17.7 Å². The van der Waals surface area contributed by atoms with Crippen molar-refractivity contribution in [1.29, 1.82) is 0 Å². The van der Waals surface area contributed by atoms with Crippen LogP contribution in [-0.2, 0) is 6.54 Å². The van der Waals surface area contributed by atoms with Crippen LogP contribution >= 0.6 is 0 Å². The zero-order valence-electron chi connectivity index (χ0n) is 11.4. The molecule has 5 nitrogen and oxygen atoms in total. The normalized spacial score (nSPS) is 10.3. The molecule has 2 aromatic rings. The third-order valence-electron chi connectivity index (χ3n) is 2.75. The fourth-order valence-electron chi connectivity index (χ4n) is 1.80. The van der Waals surface area contributed by atoms with Crippen molar-refractivity contribution in [3.05, 3.63) is 41.6 Å². The van der Waals surface area contributed by atoms with Crippen molar-refractivity contribution in [1.82, 2.24) is 9.78 Å². The van der Waals surface area contributed by atoms with Crippen molar-refractivity contribution in [3.63, 3.8) is 0 Å². The van der Waals surface area contributed by atoms with Gasteiger partial charge in [-0.15, -0.1) is 0 Å². The summed E-state index contributed by atoms with van der Waals surface area (Å²) < 4.78 is 1.75. The SMILES string of the molecule is CCn1nc(C)cc1NC(=O)Nc1ccc(C)cc1. The number of anilines is 2. The van der Waals surface area contributed by atoms with Crippen LogP contribution in [0.5, 0.6) is 0 Å². The quantitative estimate of drug-likeness (QED) is 0.888. The summed E-state index contributed by atoms with van der Waals surface area (Å²) in [5.41, 5.74) is 2.81. The molecule has 19 heavy (non-hydrogen) atoms. The van der Waals surface area contributed by atoms with E-state index in [-0.39, 0.29) is 6.03 Å². The molecule has 0 aliphatic rings. The molecular weight excluding hydrogens is 240 g/mol. The molecule has 0 aliphatic carbocycles. The summed E-state index contributed by atoms with van der Waals surface area (Å²) >= 11 is 0. The third kappa shape index (κ3) is 3.34. The zero-order valence-corrected chi connectivity index (χ0v) is 11.4. The second-order valence-corrected chi connectivity index (χ2v) is 4.43. The van der Waals surface area contributed by atoms with Crippen LogP contribution in [-0.4, -0.2) is 15.8 Å². The number of urea groups is 1. The van der Waals surface area contributed by atoms with E-state index in [9.17, 15) is 4.79 Å². The van der Waals surface area contributed by atoms with Gasteiger partial charge >= 0.3 is 6.03 Å². The summed E-state index contributed by atoms with van der Waals surface area (Å²) in [6.07, 6.45) is 0. The molecule has 100 valence electrons. The van der Waals surface area contributed by atoms with E-state index in [4.69, 9.17) is 0 Å². The van der Waals surface area contributed by atoms with Crippen LogP contribution in [0.15, 0.2) is 30.3 Å². The third-order valence-corrected chi connectivity index (χ3v) is 2.75. The number of amides is 2. The van der Waals surface area contributed by atoms with Crippen LogP contribution in [0.4, 0.5) is 16.3 Å². The first-order valence-electron chi connectivity index (χ1n) is 6.27. The molecule has 2 amide bonds. The Morgan fingerprint density at radius 3 is 2.53 bits per heavy atom. The predicted molar refractivity (Wildman–Crippen MR) is 76.5 cm³/mol. The summed E-state index contributed by atoms with van der Waals surface area (Å²) in [5.74, 6) is 0.699. The number of aryl methyl sites for hydroxylation is 3. The largest absolute Gasteiger partial charge is 0.324 e. The number of hydrogen-bond acceptors (Lipinski definition) is 2. The molecular formula is C14H18N4O. The number of carbonyl (C=O) groups excluding carboxylic acids is 1. The van der Waals surface area contributed by atoms with Crippen molar-refractivity contribution in [3.8, 4) is 0 Å². The summed E-state index contributed by atoms with van der Waals surface area (Å²) in [5, 5.41) is 9.86. The molecule has 0 fully saturated rings. The van der Waals surface area contributed by atoms with E-state index in [1.165, 1.54) is 0 Å². The topological polar surface area (TPSA) is 59.0 Å². The molecule has 0 spiro atoms. The minimum absolute atomic E-state index is 0.265. The number of nitrogens with zero attached hydrogens (tertiary/aromatic N) is 2. The Labute approximate surface area is 112 Å². The second kappa shape index (κ2) is 5.56. The molecule has 0 saturated heterocycles. The average molecular weight is 258 g/mol. The van der Waals surface area contributed by atoms with Gasteiger partial charge in [-0.2, -0.15) is 5.10 Å². The lowest BCUT2D eigenvalue weighted by Gasteiger charge is -2.08. The summed E-state index contributed by atoms with van der Waals surface area (Å²) in [6, 6.07) is 9.23. The van der Waals surface area contributed by atoms with Crippen LogP contribution in [0.1, 0.15) is 18.2 Å². The highest BCUT2D eigenvalue weighted by Gasteiger charge is 2.08. The first-order chi connectivity index (χ1) is 9.08. The summed E-state index contributed by atoms with van der Waals surface area (Å²) in [4.78, 5) is 11.9. The molecule has 0 aliphatic heterocycles. The molecule has 0 atom stereocenters. The molecule has 1 aromatic heterocycles. The number of benzene rings is 1. The fourth-order valence-corrected chi connectivity index (χ4v) is 1.80. The van der Waals surface area contributed by atoms with Gasteiger partial charge in [0.25, 0.3) is 0 Å². The van der Waals surface area contributed by atoms with Crippen molar-refractivity contribution in [2.75, 3.05) is 10.6 Å². The maximum Gasteiger partial charge on any atom is 0.324 e. The fraction of sp³-hybridized carbons (Fsp3) is 0.286. The lowest BCUT2D eigenvalue weighted by Crippen LogP contribution is -2.21. The van der Waals surface area contributed by atoms with Gasteiger partial charge in [0.15, 0.2) is 0 Å². The van der Waals surface area contributed by atoms with Crippen LogP contribution in [0.2, 0.25) is 0 Å². The molecule has 0 saturated carbocycles. The number of nitrogens with one attached hydrogen (secondary N) is 2. The van der Waals surface area contributed by atoms with Gasteiger partial charge in [-0.3, -0.25) is 5.32 Å². The number of aromatic nitrogens is 2. The van der Waals surface area contributed by atoms with Gasteiger partial charge in [0.2, 0.25) is 0 Å². The first-order valence-corrected chi connectivity index (χ1v) is 6.27. The molecule has 1 aromatic carbocycles. The monoisotopic (exact) mass is 258 g/mol. The lowest BCUT2D eigenvalue weighted by atomic mass is 10.2. The Hall–Kier alpha value is -2.30. The van der Waals surface area contributed by atoms with E-state index >= 15 is 0 Å². The molecule has 0 unspecified atom stereocenters. The van der Waals surface area contributed by atoms with E-state index in [1.54, 1.807) is 4.68 Å². The molecule has 2 rings (SSSR count). The Balaban J connectivity index is 2.03. The molecule has 2 N–H and O–H groups in total. The van der Waals surface area contributed by atoms with E-state index in [0.29, 0.717) is 12.4 Å². The Morgan fingerprint density at radius 2 is 1.89 bits per heavy atom. The van der Waals surface area contributed by atoms with Crippen LogP contribution < -0.4 is 10.6 Å². The van der Waals surface area contributed by atoms with Crippen molar-refractivity contribution < 1.29 is 4.79 Å². The van der Waals surface area contributed by atoms with Crippen molar-refractivity contribution in [2.45, 2.75) is 27.3 Å². The van der Waals surface area contributed by atoms with E-state index in [1.807, 2.05) is 51.1 Å². The van der Waals surface area contributed by atoms with Crippen molar-refractivity contribution in [2.24, 2.45) is 0 Å².